The number of hydrogen-bond donors (Lipinski definition) is 3. The van der Waals surface area contributed by atoms with Gasteiger partial charge >= 0.3 is 0 Å². The normalized spacial score (nSPS) is 14.4. The van der Waals surface area contributed by atoms with Crippen molar-refractivity contribution in [1.82, 2.24) is 20.0 Å². The van der Waals surface area contributed by atoms with Gasteiger partial charge in [-0.25, -0.2) is 18.1 Å². The zero-order valence-electron chi connectivity index (χ0n) is 11.1. The maximum absolute atomic E-state index is 12.1. The Morgan fingerprint density at radius 3 is 2.85 bits per heavy atom. The van der Waals surface area contributed by atoms with Gasteiger partial charge in [0.2, 0.25) is 0 Å². The van der Waals surface area contributed by atoms with Crippen LogP contribution < -0.4 is 10.0 Å². The number of aromatic amines is 1. The summed E-state index contributed by atoms with van der Waals surface area (Å²) in [6, 6.07) is 6.03. The molecule has 0 atom stereocenters. The molecule has 1 aromatic heterocycles. The molecule has 0 unspecified atom stereocenters. The van der Waals surface area contributed by atoms with Gasteiger partial charge in [-0.2, -0.15) is 0 Å². The van der Waals surface area contributed by atoms with Crippen molar-refractivity contribution < 1.29 is 8.42 Å². The summed E-state index contributed by atoms with van der Waals surface area (Å²) in [7, 11) is -3.54. The number of hydrogen-bond acceptors (Lipinski definition) is 4. The zero-order chi connectivity index (χ0) is 14.2. The highest BCUT2D eigenvalue weighted by Crippen LogP contribution is 2.17. The van der Waals surface area contributed by atoms with Gasteiger partial charge in [0.25, 0.3) is 10.0 Å². The molecule has 0 saturated carbocycles. The van der Waals surface area contributed by atoms with Crippen LogP contribution in [0.2, 0.25) is 0 Å². The number of sulfonamides is 1. The lowest BCUT2D eigenvalue weighted by atomic mass is 10.1. The van der Waals surface area contributed by atoms with Gasteiger partial charge in [-0.1, -0.05) is 18.2 Å². The standard InChI is InChI=1S/C13H16N4O2S/c1-9-15-8-13(17-9)20(18,19)16-5-10-2-3-11-6-14-7-12(11)4-10/h2-4,8,14,16H,5-7H2,1H3,(H,15,17). The lowest BCUT2D eigenvalue weighted by Gasteiger charge is -2.06. The molecular formula is C13H16N4O2S. The number of imidazole rings is 1. The molecule has 0 bridgehead atoms. The van der Waals surface area contributed by atoms with Crippen LogP contribution in [0.4, 0.5) is 0 Å². The van der Waals surface area contributed by atoms with Crippen LogP contribution in [-0.2, 0) is 29.7 Å². The molecule has 0 fully saturated rings. The third kappa shape index (κ3) is 2.60. The highest BCUT2D eigenvalue weighted by molar-refractivity contribution is 7.89. The van der Waals surface area contributed by atoms with Crippen molar-refractivity contribution in [1.29, 1.82) is 0 Å². The third-order valence-corrected chi connectivity index (χ3v) is 4.65. The Bertz CT molecular complexity index is 737. The number of H-pyrrole nitrogens is 1. The summed E-state index contributed by atoms with van der Waals surface area (Å²) in [5, 5.41) is 3.36. The molecule has 3 N–H and O–H groups in total. The largest absolute Gasteiger partial charge is 0.332 e. The van der Waals surface area contributed by atoms with Gasteiger partial charge < -0.3 is 10.3 Å². The van der Waals surface area contributed by atoms with E-state index >= 15 is 0 Å². The molecule has 0 spiro atoms. The van der Waals surface area contributed by atoms with Gasteiger partial charge in [0.15, 0.2) is 5.03 Å². The van der Waals surface area contributed by atoms with Crippen molar-refractivity contribution >= 4 is 10.0 Å². The van der Waals surface area contributed by atoms with Crippen LogP contribution in [0.1, 0.15) is 22.5 Å². The summed E-state index contributed by atoms with van der Waals surface area (Å²) in [5.74, 6) is 0.578. The average Bonchev–Trinajstić information content (AvgIpc) is 3.04. The number of nitrogens with zero attached hydrogens (tertiary/aromatic N) is 1. The second-order valence-electron chi connectivity index (χ2n) is 4.86. The molecule has 1 aromatic carbocycles. The van der Waals surface area contributed by atoms with Gasteiger partial charge in [0, 0.05) is 19.6 Å². The van der Waals surface area contributed by atoms with E-state index in [2.05, 4.69) is 20.0 Å². The highest BCUT2D eigenvalue weighted by Gasteiger charge is 2.16. The first-order valence-corrected chi connectivity index (χ1v) is 7.85. The monoisotopic (exact) mass is 292 g/mol. The van der Waals surface area contributed by atoms with Crippen LogP contribution in [0, 0.1) is 6.92 Å². The van der Waals surface area contributed by atoms with Gasteiger partial charge in [0.05, 0.1) is 6.20 Å². The van der Waals surface area contributed by atoms with Crippen molar-refractivity contribution in [3.63, 3.8) is 0 Å². The quantitative estimate of drug-likeness (QED) is 0.778. The number of nitrogens with one attached hydrogen (secondary N) is 3. The van der Waals surface area contributed by atoms with E-state index in [1.807, 2.05) is 18.2 Å². The zero-order valence-corrected chi connectivity index (χ0v) is 11.9. The molecule has 7 heteroatoms. The van der Waals surface area contributed by atoms with E-state index in [1.165, 1.54) is 17.3 Å². The summed E-state index contributed by atoms with van der Waals surface area (Å²) in [6.07, 6.45) is 1.32. The molecule has 6 nitrogen and oxygen atoms in total. The van der Waals surface area contributed by atoms with E-state index in [9.17, 15) is 8.42 Å². The minimum absolute atomic E-state index is 0.0952. The van der Waals surface area contributed by atoms with E-state index in [1.54, 1.807) is 6.92 Å². The maximum atomic E-state index is 12.1. The van der Waals surface area contributed by atoms with Crippen molar-refractivity contribution in [2.24, 2.45) is 0 Å². The molecule has 2 heterocycles. The molecule has 0 aliphatic carbocycles. The Morgan fingerprint density at radius 1 is 1.30 bits per heavy atom. The predicted molar refractivity (Wildman–Crippen MR) is 74.3 cm³/mol. The summed E-state index contributed by atoms with van der Waals surface area (Å²) >= 11 is 0. The molecule has 1 aliphatic rings. The minimum atomic E-state index is -3.54. The molecule has 0 saturated heterocycles. The van der Waals surface area contributed by atoms with Crippen molar-refractivity contribution in [2.45, 2.75) is 31.6 Å². The molecule has 20 heavy (non-hydrogen) atoms. The molecule has 3 rings (SSSR count). The SMILES string of the molecule is Cc1ncc(S(=O)(=O)NCc2ccc3c(c2)CNC3)[nH]1. The van der Waals surface area contributed by atoms with E-state index in [4.69, 9.17) is 0 Å². The third-order valence-electron chi connectivity index (χ3n) is 3.34. The molecule has 106 valence electrons. The fourth-order valence-corrected chi connectivity index (χ4v) is 3.23. The Kier molecular flexibility index (Phi) is 3.33. The van der Waals surface area contributed by atoms with Gasteiger partial charge in [-0.05, 0) is 23.6 Å². The highest BCUT2D eigenvalue weighted by atomic mass is 32.2. The average molecular weight is 292 g/mol. The molecule has 0 amide bonds. The van der Waals surface area contributed by atoms with Crippen LogP contribution in [0.25, 0.3) is 0 Å². The summed E-state index contributed by atoms with van der Waals surface area (Å²) in [5.41, 5.74) is 3.46. The lowest BCUT2D eigenvalue weighted by molar-refractivity contribution is 0.578. The first-order valence-electron chi connectivity index (χ1n) is 6.37. The fraction of sp³-hybridized carbons (Fsp3) is 0.308. The Morgan fingerprint density at radius 2 is 2.10 bits per heavy atom. The van der Waals surface area contributed by atoms with Crippen molar-refractivity contribution in [3.8, 4) is 0 Å². The molecule has 1 aliphatic heterocycles. The summed E-state index contributed by atoms with van der Waals surface area (Å²) < 4.78 is 26.7. The Balaban J connectivity index is 1.73. The minimum Gasteiger partial charge on any atom is -0.332 e. The first kappa shape index (κ1) is 13.3. The van der Waals surface area contributed by atoms with Gasteiger partial charge in [-0.15, -0.1) is 0 Å². The predicted octanol–water partition coefficient (Wildman–Crippen LogP) is 0.800. The number of benzene rings is 1. The second-order valence-corrected chi connectivity index (χ2v) is 6.60. The van der Waals surface area contributed by atoms with Crippen LogP contribution in [0.5, 0.6) is 0 Å². The van der Waals surface area contributed by atoms with Gasteiger partial charge in [-0.3, -0.25) is 0 Å². The second kappa shape index (κ2) is 5.01. The fourth-order valence-electron chi connectivity index (χ4n) is 2.25. The van der Waals surface area contributed by atoms with E-state index < -0.39 is 10.0 Å². The Hall–Kier alpha value is -1.70. The maximum Gasteiger partial charge on any atom is 0.257 e. The summed E-state index contributed by atoms with van der Waals surface area (Å²) in [4.78, 5) is 6.62. The van der Waals surface area contributed by atoms with Crippen LogP contribution in [-0.4, -0.2) is 18.4 Å². The first-order chi connectivity index (χ1) is 9.54. The number of aromatic nitrogens is 2. The van der Waals surface area contributed by atoms with Crippen molar-refractivity contribution in [3.05, 3.63) is 46.9 Å². The number of fused-ring (bicyclic) bond motifs is 1. The Labute approximate surface area is 117 Å². The van der Waals surface area contributed by atoms with Crippen molar-refractivity contribution in [2.75, 3.05) is 0 Å². The lowest BCUT2D eigenvalue weighted by Crippen LogP contribution is -2.23. The topological polar surface area (TPSA) is 86.9 Å². The van der Waals surface area contributed by atoms with Crippen LogP contribution >= 0.6 is 0 Å². The summed E-state index contributed by atoms with van der Waals surface area (Å²) in [6.45, 7) is 3.71. The molecule has 2 aromatic rings. The van der Waals surface area contributed by atoms with E-state index in [0.29, 0.717) is 5.82 Å². The van der Waals surface area contributed by atoms with Crippen LogP contribution in [0.15, 0.2) is 29.4 Å². The van der Waals surface area contributed by atoms with E-state index in [0.717, 1.165) is 18.7 Å². The van der Waals surface area contributed by atoms with Gasteiger partial charge in [0.1, 0.15) is 5.82 Å². The number of rotatable bonds is 4. The van der Waals surface area contributed by atoms with Crippen LogP contribution in [0.3, 0.4) is 0 Å². The van der Waals surface area contributed by atoms with E-state index in [-0.39, 0.29) is 11.6 Å². The number of aryl methyl sites for hydroxylation is 1. The molecule has 0 radical (unpaired) electrons. The smallest absolute Gasteiger partial charge is 0.257 e. The molecular weight excluding hydrogens is 276 g/mol.